The topological polar surface area (TPSA) is 23.4 Å². The van der Waals surface area contributed by atoms with Gasteiger partial charge in [-0.15, -0.1) is 0 Å². The maximum atomic E-state index is 5.43. The van der Waals surface area contributed by atoms with E-state index in [0.29, 0.717) is 0 Å². The quantitative estimate of drug-likeness (QED) is 0.308. The van der Waals surface area contributed by atoms with E-state index in [2.05, 4.69) is 73.9 Å². The zero-order chi connectivity index (χ0) is 22.7. The number of benzene rings is 3. The fraction of sp³-hybridized carbons (Fsp3) is 0.241. The summed E-state index contributed by atoms with van der Waals surface area (Å²) in [6.45, 7) is 6.67. The molecule has 4 rings (SSSR count). The molecular weight excluding hydrogens is 394 g/mol. The molecule has 3 heteroatoms. The summed E-state index contributed by atoms with van der Waals surface area (Å²) < 4.78 is 13.3. The first kappa shape index (κ1) is 21.8. The van der Waals surface area contributed by atoms with Crippen LogP contribution in [0.3, 0.4) is 0 Å². The molecule has 0 bridgehead atoms. The highest BCUT2D eigenvalue weighted by molar-refractivity contribution is 5.87. The summed E-state index contributed by atoms with van der Waals surface area (Å²) in [7, 11) is 3.41. The third kappa shape index (κ3) is 3.91. The molecule has 0 fully saturated rings. The first-order chi connectivity index (χ1) is 15.6. The van der Waals surface area contributed by atoms with E-state index in [-0.39, 0.29) is 0 Å². The fourth-order valence-corrected chi connectivity index (χ4v) is 4.50. The Bertz CT molecular complexity index is 1200. The van der Waals surface area contributed by atoms with Crippen LogP contribution in [0.4, 0.5) is 0 Å². The van der Waals surface area contributed by atoms with E-state index < -0.39 is 0 Å². The molecule has 0 radical (unpaired) electrons. The molecule has 4 aromatic rings. The smallest absolute Gasteiger partial charge is 0.118 e. The number of nitrogens with zero attached hydrogens (tertiary/aromatic N) is 1. The van der Waals surface area contributed by atoms with Gasteiger partial charge in [-0.05, 0) is 85.0 Å². The monoisotopic (exact) mass is 425 g/mol. The maximum absolute atomic E-state index is 5.43. The third-order valence-corrected chi connectivity index (χ3v) is 6.13. The molecule has 0 spiro atoms. The van der Waals surface area contributed by atoms with Crippen LogP contribution in [0.2, 0.25) is 0 Å². The van der Waals surface area contributed by atoms with E-state index in [1.54, 1.807) is 14.2 Å². The SMILES string of the molecule is CCCc1c(-c2ccc(OC)cc2)c(-c2ccc(OC)cc2)n(-c2ccccc2C)c1C. The van der Waals surface area contributed by atoms with Crippen molar-refractivity contribution < 1.29 is 9.47 Å². The molecule has 0 saturated carbocycles. The van der Waals surface area contributed by atoms with Gasteiger partial charge in [0.25, 0.3) is 0 Å². The molecule has 0 aliphatic rings. The first-order valence-electron chi connectivity index (χ1n) is 11.2. The van der Waals surface area contributed by atoms with Gasteiger partial charge in [-0.1, -0.05) is 43.7 Å². The average Bonchev–Trinajstić information content (AvgIpc) is 3.11. The Morgan fingerprint density at radius 2 is 1.28 bits per heavy atom. The molecule has 164 valence electrons. The van der Waals surface area contributed by atoms with Gasteiger partial charge in [0.2, 0.25) is 0 Å². The van der Waals surface area contributed by atoms with Crippen LogP contribution in [0.25, 0.3) is 28.1 Å². The number of hydrogen-bond acceptors (Lipinski definition) is 2. The predicted molar refractivity (Wildman–Crippen MR) is 133 cm³/mol. The van der Waals surface area contributed by atoms with Crippen LogP contribution in [0.15, 0.2) is 72.8 Å². The minimum absolute atomic E-state index is 0.860. The van der Waals surface area contributed by atoms with E-state index in [1.807, 2.05) is 24.3 Å². The van der Waals surface area contributed by atoms with Crippen molar-refractivity contribution in [3.8, 4) is 39.6 Å². The van der Waals surface area contributed by atoms with Gasteiger partial charge in [-0.25, -0.2) is 0 Å². The summed E-state index contributed by atoms with van der Waals surface area (Å²) in [5.41, 5.74) is 10.0. The molecule has 1 heterocycles. The minimum atomic E-state index is 0.860. The van der Waals surface area contributed by atoms with Gasteiger partial charge in [-0.2, -0.15) is 0 Å². The lowest BCUT2D eigenvalue weighted by Gasteiger charge is -2.16. The van der Waals surface area contributed by atoms with Crippen molar-refractivity contribution in [3.05, 3.63) is 89.6 Å². The zero-order valence-corrected chi connectivity index (χ0v) is 19.6. The van der Waals surface area contributed by atoms with E-state index in [9.17, 15) is 0 Å². The highest BCUT2D eigenvalue weighted by Gasteiger charge is 2.24. The lowest BCUT2D eigenvalue weighted by atomic mass is 9.94. The van der Waals surface area contributed by atoms with Crippen LogP contribution < -0.4 is 9.47 Å². The van der Waals surface area contributed by atoms with Crippen LogP contribution in [-0.2, 0) is 6.42 Å². The fourth-order valence-electron chi connectivity index (χ4n) is 4.50. The number of methoxy groups -OCH3 is 2. The molecule has 0 amide bonds. The van der Waals surface area contributed by atoms with Crippen molar-refractivity contribution in [1.82, 2.24) is 4.57 Å². The number of aryl methyl sites for hydroxylation is 1. The lowest BCUT2D eigenvalue weighted by molar-refractivity contribution is 0.414. The van der Waals surface area contributed by atoms with Gasteiger partial charge in [0.15, 0.2) is 0 Å². The molecule has 3 nitrogen and oxygen atoms in total. The molecule has 1 aromatic heterocycles. The Hall–Kier alpha value is -3.46. The molecule has 0 saturated heterocycles. The van der Waals surface area contributed by atoms with Crippen molar-refractivity contribution in [3.63, 3.8) is 0 Å². The van der Waals surface area contributed by atoms with Gasteiger partial charge in [-0.3, -0.25) is 0 Å². The van der Waals surface area contributed by atoms with Gasteiger partial charge in [0, 0.05) is 16.9 Å². The second-order valence-corrected chi connectivity index (χ2v) is 8.12. The second-order valence-electron chi connectivity index (χ2n) is 8.12. The van der Waals surface area contributed by atoms with E-state index in [4.69, 9.17) is 9.47 Å². The Morgan fingerprint density at radius 1 is 0.719 bits per heavy atom. The summed E-state index contributed by atoms with van der Waals surface area (Å²) in [5.74, 6) is 1.73. The summed E-state index contributed by atoms with van der Waals surface area (Å²) in [6, 6.07) is 25.4. The average molecular weight is 426 g/mol. The Morgan fingerprint density at radius 3 is 1.81 bits per heavy atom. The summed E-state index contributed by atoms with van der Waals surface area (Å²) >= 11 is 0. The first-order valence-corrected chi connectivity index (χ1v) is 11.2. The molecule has 0 aliphatic carbocycles. The Kier molecular flexibility index (Phi) is 6.36. The van der Waals surface area contributed by atoms with Crippen LogP contribution in [0, 0.1) is 13.8 Å². The molecule has 32 heavy (non-hydrogen) atoms. The summed E-state index contributed by atoms with van der Waals surface area (Å²) in [5, 5.41) is 0. The van der Waals surface area contributed by atoms with Crippen molar-refractivity contribution >= 4 is 0 Å². The largest absolute Gasteiger partial charge is 0.497 e. The van der Waals surface area contributed by atoms with E-state index in [0.717, 1.165) is 24.3 Å². The van der Waals surface area contributed by atoms with Gasteiger partial charge in [0.05, 0.1) is 19.9 Å². The number of para-hydroxylation sites is 1. The predicted octanol–water partition coefficient (Wildman–Crippen LogP) is 7.40. The van der Waals surface area contributed by atoms with Crippen molar-refractivity contribution in [1.29, 1.82) is 0 Å². The molecule has 3 aromatic carbocycles. The highest BCUT2D eigenvalue weighted by Crippen LogP contribution is 2.42. The number of rotatable bonds is 7. The summed E-state index contributed by atoms with van der Waals surface area (Å²) in [6.07, 6.45) is 2.11. The van der Waals surface area contributed by atoms with Gasteiger partial charge < -0.3 is 14.0 Å². The standard InChI is InChI=1S/C29H31NO2/c1-6-9-26-21(3)30(27-11-8-7-10-20(27)2)29(23-14-18-25(32-5)19-15-23)28(26)22-12-16-24(31-4)17-13-22/h7-8,10-19H,6,9H2,1-5H3. The minimum Gasteiger partial charge on any atom is -0.497 e. The van der Waals surface area contributed by atoms with Crippen LogP contribution in [0.5, 0.6) is 11.5 Å². The lowest BCUT2D eigenvalue weighted by Crippen LogP contribution is -2.02. The summed E-state index contributed by atoms with van der Waals surface area (Å²) in [4.78, 5) is 0. The molecule has 0 aliphatic heterocycles. The number of aromatic nitrogens is 1. The number of ether oxygens (including phenoxy) is 2. The molecule has 0 N–H and O–H groups in total. The van der Waals surface area contributed by atoms with Crippen molar-refractivity contribution in [2.24, 2.45) is 0 Å². The Labute approximate surface area is 191 Å². The van der Waals surface area contributed by atoms with Crippen LogP contribution >= 0.6 is 0 Å². The van der Waals surface area contributed by atoms with Crippen LogP contribution in [0.1, 0.15) is 30.2 Å². The zero-order valence-electron chi connectivity index (χ0n) is 19.6. The number of hydrogen-bond donors (Lipinski definition) is 0. The van der Waals surface area contributed by atoms with Gasteiger partial charge >= 0.3 is 0 Å². The second kappa shape index (κ2) is 9.35. The highest BCUT2D eigenvalue weighted by atomic mass is 16.5. The molecular formula is C29H31NO2. The normalized spacial score (nSPS) is 10.9. The maximum Gasteiger partial charge on any atom is 0.118 e. The van der Waals surface area contributed by atoms with E-state index >= 15 is 0 Å². The Balaban J connectivity index is 2.08. The van der Waals surface area contributed by atoms with Gasteiger partial charge in [0.1, 0.15) is 11.5 Å². The molecule has 0 unspecified atom stereocenters. The third-order valence-electron chi connectivity index (χ3n) is 6.13. The van der Waals surface area contributed by atoms with E-state index in [1.165, 1.54) is 44.9 Å². The van der Waals surface area contributed by atoms with Crippen LogP contribution in [-0.4, -0.2) is 18.8 Å². The molecule has 0 atom stereocenters. The van der Waals surface area contributed by atoms with Crippen molar-refractivity contribution in [2.75, 3.05) is 14.2 Å². The van der Waals surface area contributed by atoms with Crippen molar-refractivity contribution in [2.45, 2.75) is 33.6 Å².